The third-order valence-electron chi connectivity index (χ3n) is 1.72. The molecular weight excluding hydrogens is 260 g/mol. The van der Waals surface area contributed by atoms with Crippen LogP contribution in [0.15, 0.2) is 10.3 Å². The Kier molecular flexibility index (Phi) is 8.18. The van der Waals surface area contributed by atoms with Crippen molar-refractivity contribution in [3.05, 3.63) is 0 Å². The number of hydrogen-bond donors (Lipinski definition) is 0. The Hall–Kier alpha value is -0.626. The van der Waals surface area contributed by atoms with E-state index in [1.807, 2.05) is 12.4 Å². The van der Waals surface area contributed by atoms with Crippen molar-refractivity contribution in [2.75, 3.05) is 0 Å². The zero-order chi connectivity index (χ0) is 14.1. The standard InChI is InChI=1S/C12H28N2O2Si2/c1-17(2,3)15-13-11-9-7-8-10-12-14-16-18(4,5)6/h11-12H,7-10H2,1-6H3/b13-11+,14-12+. The molecule has 0 aromatic rings. The van der Waals surface area contributed by atoms with Gasteiger partial charge in [0.1, 0.15) is 0 Å². The Balaban J connectivity index is 3.42. The molecule has 6 heteroatoms. The Morgan fingerprint density at radius 2 is 1.06 bits per heavy atom. The maximum Gasteiger partial charge on any atom is 0.278 e. The van der Waals surface area contributed by atoms with E-state index in [0.717, 1.165) is 25.7 Å². The molecule has 0 bridgehead atoms. The highest BCUT2D eigenvalue weighted by molar-refractivity contribution is 6.70. The van der Waals surface area contributed by atoms with Gasteiger partial charge in [0.15, 0.2) is 0 Å². The summed E-state index contributed by atoms with van der Waals surface area (Å²) in [4.78, 5) is 0. The topological polar surface area (TPSA) is 43.2 Å². The number of nitrogens with zero attached hydrogens (tertiary/aromatic N) is 2. The second kappa shape index (κ2) is 8.47. The highest BCUT2D eigenvalue weighted by Gasteiger charge is 2.15. The second-order valence-electron chi connectivity index (χ2n) is 6.27. The molecule has 18 heavy (non-hydrogen) atoms. The van der Waals surface area contributed by atoms with Crippen LogP contribution in [0.5, 0.6) is 0 Å². The van der Waals surface area contributed by atoms with Gasteiger partial charge in [0.05, 0.1) is 0 Å². The number of hydrogen-bond acceptors (Lipinski definition) is 4. The third kappa shape index (κ3) is 15.4. The molecule has 0 aliphatic rings. The summed E-state index contributed by atoms with van der Waals surface area (Å²) in [7, 11) is -2.99. The molecule has 0 saturated carbocycles. The van der Waals surface area contributed by atoms with Crippen LogP contribution in [0.3, 0.4) is 0 Å². The molecule has 0 saturated heterocycles. The summed E-state index contributed by atoms with van der Waals surface area (Å²) >= 11 is 0. The molecule has 0 aliphatic carbocycles. The van der Waals surface area contributed by atoms with Crippen molar-refractivity contribution >= 4 is 29.1 Å². The van der Waals surface area contributed by atoms with Crippen LogP contribution in [-0.4, -0.2) is 29.1 Å². The Morgan fingerprint density at radius 1 is 0.722 bits per heavy atom. The molecule has 106 valence electrons. The molecule has 0 aromatic carbocycles. The lowest BCUT2D eigenvalue weighted by Gasteiger charge is -2.12. The predicted molar refractivity (Wildman–Crippen MR) is 84.3 cm³/mol. The lowest BCUT2D eigenvalue weighted by atomic mass is 10.2. The maximum absolute atomic E-state index is 5.38. The van der Waals surface area contributed by atoms with E-state index in [-0.39, 0.29) is 0 Å². The monoisotopic (exact) mass is 288 g/mol. The number of unbranched alkanes of at least 4 members (excludes halogenated alkanes) is 3. The minimum Gasteiger partial charge on any atom is -0.456 e. The van der Waals surface area contributed by atoms with Gasteiger partial charge >= 0.3 is 0 Å². The average molecular weight is 289 g/mol. The molecule has 0 N–H and O–H groups in total. The first-order valence-electron chi connectivity index (χ1n) is 6.61. The van der Waals surface area contributed by atoms with E-state index < -0.39 is 16.6 Å². The fourth-order valence-corrected chi connectivity index (χ4v) is 1.75. The van der Waals surface area contributed by atoms with Gasteiger partial charge in [0, 0.05) is 12.4 Å². The molecule has 0 heterocycles. The van der Waals surface area contributed by atoms with E-state index in [4.69, 9.17) is 9.05 Å². The van der Waals surface area contributed by atoms with E-state index in [1.54, 1.807) is 0 Å². The van der Waals surface area contributed by atoms with Crippen LogP contribution in [0.2, 0.25) is 39.3 Å². The third-order valence-corrected chi connectivity index (χ3v) is 3.02. The minimum atomic E-state index is -1.49. The van der Waals surface area contributed by atoms with Gasteiger partial charge in [-0.05, 0) is 65.0 Å². The summed E-state index contributed by atoms with van der Waals surface area (Å²) in [5, 5.41) is 7.99. The molecule has 0 aliphatic heterocycles. The molecule has 0 amide bonds. The van der Waals surface area contributed by atoms with Crippen molar-refractivity contribution < 1.29 is 9.05 Å². The van der Waals surface area contributed by atoms with E-state index in [2.05, 4.69) is 49.6 Å². The van der Waals surface area contributed by atoms with Gasteiger partial charge < -0.3 is 9.05 Å². The largest absolute Gasteiger partial charge is 0.456 e. The minimum absolute atomic E-state index is 0.965. The zero-order valence-corrected chi connectivity index (χ0v) is 14.7. The van der Waals surface area contributed by atoms with Gasteiger partial charge in [-0.25, -0.2) is 0 Å². The van der Waals surface area contributed by atoms with E-state index >= 15 is 0 Å². The number of oxime groups is 2. The van der Waals surface area contributed by atoms with Crippen LogP contribution in [0.25, 0.3) is 0 Å². The first-order valence-corrected chi connectivity index (χ1v) is 13.4. The molecular formula is C12H28N2O2Si2. The normalized spacial score (nSPS) is 13.4. The Bertz CT molecular complexity index is 240. The highest BCUT2D eigenvalue weighted by atomic mass is 28.4. The van der Waals surface area contributed by atoms with Gasteiger partial charge in [0.2, 0.25) is 0 Å². The summed E-state index contributed by atoms with van der Waals surface area (Å²) in [6, 6.07) is 0. The van der Waals surface area contributed by atoms with Crippen molar-refractivity contribution in [3.8, 4) is 0 Å². The first-order chi connectivity index (χ1) is 8.21. The van der Waals surface area contributed by atoms with Crippen molar-refractivity contribution in [1.29, 1.82) is 0 Å². The van der Waals surface area contributed by atoms with Crippen LogP contribution in [0.1, 0.15) is 25.7 Å². The lowest BCUT2D eigenvalue weighted by molar-refractivity contribution is 0.335. The molecule has 0 rings (SSSR count). The average Bonchev–Trinajstić information content (AvgIpc) is 2.17. The van der Waals surface area contributed by atoms with Crippen LogP contribution in [0, 0.1) is 0 Å². The maximum atomic E-state index is 5.38. The second-order valence-corrected chi connectivity index (χ2v) is 15.1. The molecule has 0 fully saturated rings. The Labute approximate surface area is 114 Å². The summed E-state index contributed by atoms with van der Waals surface area (Å²) in [6.45, 7) is 12.7. The molecule has 0 spiro atoms. The van der Waals surface area contributed by atoms with Crippen molar-refractivity contribution in [3.63, 3.8) is 0 Å². The lowest BCUT2D eigenvalue weighted by Crippen LogP contribution is -2.22. The van der Waals surface area contributed by atoms with Crippen molar-refractivity contribution in [1.82, 2.24) is 0 Å². The fraction of sp³-hybridized carbons (Fsp3) is 0.833. The van der Waals surface area contributed by atoms with Gasteiger partial charge in [-0.3, -0.25) is 0 Å². The Morgan fingerprint density at radius 3 is 1.33 bits per heavy atom. The summed E-state index contributed by atoms with van der Waals surface area (Å²) in [5.41, 5.74) is 0. The molecule has 4 nitrogen and oxygen atoms in total. The van der Waals surface area contributed by atoms with Crippen LogP contribution in [-0.2, 0) is 9.05 Å². The molecule has 0 radical (unpaired) electrons. The SMILES string of the molecule is C[Si](C)(C)O/N=C/CCCC/C=N/O[Si](C)(C)C. The van der Waals surface area contributed by atoms with Gasteiger partial charge in [-0.2, -0.15) is 0 Å². The highest BCUT2D eigenvalue weighted by Crippen LogP contribution is 2.04. The quantitative estimate of drug-likeness (QED) is 0.276. The van der Waals surface area contributed by atoms with Gasteiger partial charge in [0.25, 0.3) is 16.6 Å². The van der Waals surface area contributed by atoms with Crippen LogP contribution < -0.4 is 0 Å². The van der Waals surface area contributed by atoms with Gasteiger partial charge in [-0.15, -0.1) is 10.3 Å². The molecule has 0 atom stereocenters. The van der Waals surface area contributed by atoms with Crippen molar-refractivity contribution in [2.45, 2.75) is 65.0 Å². The first kappa shape index (κ1) is 17.4. The predicted octanol–water partition coefficient (Wildman–Crippen LogP) is 4.22. The smallest absolute Gasteiger partial charge is 0.278 e. The summed E-state index contributed by atoms with van der Waals surface area (Å²) in [6.07, 6.45) is 7.89. The zero-order valence-electron chi connectivity index (χ0n) is 12.7. The molecule has 0 aromatic heterocycles. The van der Waals surface area contributed by atoms with Crippen LogP contribution >= 0.6 is 0 Å². The number of rotatable bonds is 9. The van der Waals surface area contributed by atoms with E-state index in [0.29, 0.717) is 0 Å². The molecule has 0 unspecified atom stereocenters. The summed E-state index contributed by atoms with van der Waals surface area (Å²) < 4.78 is 10.8. The van der Waals surface area contributed by atoms with E-state index in [1.165, 1.54) is 0 Å². The van der Waals surface area contributed by atoms with E-state index in [9.17, 15) is 0 Å². The fourth-order valence-electron chi connectivity index (χ4n) is 0.967. The van der Waals surface area contributed by atoms with Gasteiger partial charge in [-0.1, -0.05) is 0 Å². The summed E-state index contributed by atoms with van der Waals surface area (Å²) in [5.74, 6) is 0. The van der Waals surface area contributed by atoms with Crippen molar-refractivity contribution in [2.24, 2.45) is 10.3 Å². The van der Waals surface area contributed by atoms with Crippen LogP contribution in [0.4, 0.5) is 0 Å².